The summed E-state index contributed by atoms with van der Waals surface area (Å²) in [5.41, 5.74) is 7.46. The molecule has 3 aromatic rings. The van der Waals surface area contributed by atoms with E-state index in [1.54, 1.807) is 42.5 Å². The van der Waals surface area contributed by atoms with Gasteiger partial charge in [-0.2, -0.15) is 0 Å². The van der Waals surface area contributed by atoms with Crippen molar-refractivity contribution in [3.05, 3.63) is 53.9 Å². The highest BCUT2D eigenvalue weighted by atomic mass is 32.2. The number of carbonyl (C=O) groups is 1. The number of anilines is 1. The molecule has 12 heteroatoms. The number of rotatable bonds is 11. The first kappa shape index (κ1) is 25.0. The fraction of sp³-hybridized carbons (Fsp3) is 0.318. The van der Waals surface area contributed by atoms with Gasteiger partial charge < -0.3 is 25.0 Å². The highest BCUT2D eigenvalue weighted by molar-refractivity contribution is 7.92. The number of carboxylic acid groups (broad SMARTS) is 1. The zero-order valence-electron chi connectivity index (χ0n) is 19.2. The summed E-state index contributed by atoms with van der Waals surface area (Å²) >= 11 is 0. The summed E-state index contributed by atoms with van der Waals surface area (Å²) < 4.78 is 33.4. The molecule has 34 heavy (non-hydrogen) atoms. The SMILES string of the molecule is CN(C)CCN(c1ccc2nc(COc3ccc(C(=N)N)cc3)n(CC(=O)O)c2c1)S(C)(=O)=O. The van der Waals surface area contributed by atoms with E-state index in [-0.39, 0.29) is 25.5 Å². The number of amidine groups is 1. The molecule has 1 heterocycles. The summed E-state index contributed by atoms with van der Waals surface area (Å²) in [6.07, 6.45) is 1.14. The highest BCUT2D eigenvalue weighted by Gasteiger charge is 2.20. The third kappa shape index (κ3) is 6.02. The van der Waals surface area contributed by atoms with Crippen LogP contribution in [0.15, 0.2) is 42.5 Å². The number of sulfonamides is 1. The Hall–Kier alpha value is -3.64. The molecule has 3 rings (SSSR count). The number of aliphatic carboxylic acids is 1. The number of nitrogen functional groups attached to an aromatic ring is 1. The molecule has 0 unspecified atom stereocenters. The largest absolute Gasteiger partial charge is 0.486 e. The van der Waals surface area contributed by atoms with Gasteiger partial charge in [0, 0.05) is 18.7 Å². The summed E-state index contributed by atoms with van der Waals surface area (Å²) in [7, 11) is 0.150. The Morgan fingerprint density at radius 2 is 1.85 bits per heavy atom. The zero-order chi connectivity index (χ0) is 25.0. The van der Waals surface area contributed by atoms with Crippen molar-refractivity contribution in [1.29, 1.82) is 5.41 Å². The van der Waals surface area contributed by atoms with E-state index >= 15 is 0 Å². The Labute approximate surface area is 197 Å². The molecule has 11 nitrogen and oxygen atoms in total. The number of hydrogen-bond acceptors (Lipinski definition) is 7. The van der Waals surface area contributed by atoms with E-state index in [9.17, 15) is 18.3 Å². The van der Waals surface area contributed by atoms with Crippen molar-refractivity contribution >= 4 is 38.5 Å². The van der Waals surface area contributed by atoms with Crippen LogP contribution >= 0.6 is 0 Å². The molecule has 0 aliphatic carbocycles. The highest BCUT2D eigenvalue weighted by Crippen LogP contribution is 2.26. The van der Waals surface area contributed by atoms with Gasteiger partial charge in [0.25, 0.3) is 0 Å². The van der Waals surface area contributed by atoms with E-state index in [2.05, 4.69) is 4.98 Å². The molecule has 0 bridgehead atoms. The van der Waals surface area contributed by atoms with Crippen LogP contribution in [0.2, 0.25) is 0 Å². The Morgan fingerprint density at radius 3 is 2.41 bits per heavy atom. The zero-order valence-corrected chi connectivity index (χ0v) is 20.0. The Bertz CT molecular complexity index is 1300. The smallest absolute Gasteiger partial charge is 0.323 e. The number of nitrogens with one attached hydrogen (secondary N) is 1. The number of carboxylic acids is 1. The van der Waals surface area contributed by atoms with E-state index < -0.39 is 16.0 Å². The normalized spacial score (nSPS) is 11.6. The molecule has 0 amide bonds. The molecule has 0 aliphatic rings. The van der Waals surface area contributed by atoms with E-state index in [0.717, 1.165) is 6.26 Å². The number of hydrogen-bond donors (Lipinski definition) is 3. The van der Waals surface area contributed by atoms with E-state index in [4.69, 9.17) is 15.9 Å². The lowest BCUT2D eigenvalue weighted by atomic mass is 10.2. The summed E-state index contributed by atoms with van der Waals surface area (Å²) in [6.45, 7) is 0.392. The first-order valence-corrected chi connectivity index (χ1v) is 12.2. The van der Waals surface area contributed by atoms with E-state index in [1.807, 2.05) is 19.0 Å². The summed E-state index contributed by atoms with van der Waals surface area (Å²) in [6, 6.07) is 11.6. The topological polar surface area (TPSA) is 155 Å². The lowest BCUT2D eigenvalue weighted by Gasteiger charge is -2.24. The van der Waals surface area contributed by atoms with Gasteiger partial charge >= 0.3 is 5.97 Å². The molecular formula is C22H28N6O5S. The van der Waals surface area contributed by atoms with Crippen LogP contribution in [-0.4, -0.2) is 73.2 Å². The molecule has 4 N–H and O–H groups in total. The number of benzene rings is 2. The number of ether oxygens (including phenoxy) is 1. The Kier molecular flexibility index (Phi) is 7.42. The van der Waals surface area contributed by atoms with Crippen LogP contribution in [-0.2, 0) is 28.0 Å². The Balaban J connectivity index is 1.96. The first-order valence-electron chi connectivity index (χ1n) is 10.4. The minimum Gasteiger partial charge on any atom is -0.486 e. The van der Waals surface area contributed by atoms with Gasteiger partial charge in [-0.15, -0.1) is 0 Å². The average Bonchev–Trinajstić information content (AvgIpc) is 3.07. The summed E-state index contributed by atoms with van der Waals surface area (Å²) in [5.74, 6) is -0.236. The number of nitrogens with zero attached hydrogens (tertiary/aromatic N) is 4. The summed E-state index contributed by atoms with van der Waals surface area (Å²) in [4.78, 5) is 17.9. The predicted molar refractivity (Wildman–Crippen MR) is 130 cm³/mol. The molecule has 0 fully saturated rings. The maximum Gasteiger partial charge on any atom is 0.323 e. The Morgan fingerprint density at radius 1 is 1.18 bits per heavy atom. The van der Waals surface area contributed by atoms with Gasteiger partial charge in [0.1, 0.15) is 30.6 Å². The van der Waals surface area contributed by atoms with Crippen LogP contribution < -0.4 is 14.8 Å². The maximum atomic E-state index is 12.4. The van der Waals surface area contributed by atoms with Gasteiger partial charge in [-0.1, -0.05) is 0 Å². The van der Waals surface area contributed by atoms with Crippen molar-refractivity contribution in [1.82, 2.24) is 14.5 Å². The third-order valence-electron chi connectivity index (χ3n) is 5.08. The number of fused-ring (bicyclic) bond motifs is 1. The van der Waals surface area contributed by atoms with Gasteiger partial charge in [-0.3, -0.25) is 14.5 Å². The average molecular weight is 489 g/mol. The standard InChI is InChI=1S/C22H28N6O5S/c1-26(2)10-11-28(34(3,31)32)16-6-9-18-19(12-16)27(13-21(29)30)20(25-18)14-33-17-7-4-15(5-8-17)22(23)24/h4-9,12H,10-11,13-14H2,1-3H3,(H3,23,24)(H,29,30). The fourth-order valence-corrected chi connectivity index (χ4v) is 4.30. The second-order valence-electron chi connectivity index (χ2n) is 8.05. The van der Waals surface area contributed by atoms with Crippen LogP contribution in [0, 0.1) is 5.41 Å². The third-order valence-corrected chi connectivity index (χ3v) is 6.27. The van der Waals surface area contributed by atoms with E-state index in [0.29, 0.717) is 40.4 Å². The molecule has 0 radical (unpaired) electrons. The molecular weight excluding hydrogens is 460 g/mol. The van der Waals surface area contributed by atoms with Crippen molar-refractivity contribution < 1.29 is 23.1 Å². The van der Waals surface area contributed by atoms with Crippen molar-refractivity contribution in [3.63, 3.8) is 0 Å². The minimum absolute atomic E-state index is 0.00681. The number of likely N-dealkylation sites (N-methyl/N-ethyl adjacent to an activating group) is 1. The quantitative estimate of drug-likeness (QED) is 0.270. The van der Waals surface area contributed by atoms with Crippen molar-refractivity contribution in [3.8, 4) is 5.75 Å². The molecule has 0 spiro atoms. The van der Waals surface area contributed by atoms with Crippen molar-refractivity contribution in [2.45, 2.75) is 13.2 Å². The van der Waals surface area contributed by atoms with Crippen LogP contribution in [0.3, 0.4) is 0 Å². The second kappa shape index (κ2) is 10.1. The van der Waals surface area contributed by atoms with Gasteiger partial charge in [0.05, 0.1) is 23.0 Å². The van der Waals surface area contributed by atoms with Gasteiger partial charge in [0.2, 0.25) is 10.0 Å². The summed E-state index contributed by atoms with van der Waals surface area (Å²) in [5, 5.41) is 16.9. The molecule has 0 saturated carbocycles. The number of imidazole rings is 1. The fourth-order valence-electron chi connectivity index (χ4n) is 3.39. The van der Waals surface area contributed by atoms with Crippen LogP contribution in [0.25, 0.3) is 11.0 Å². The maximum absolute atomic E-state index is 12.4. The monoisotopic (exact) mass is 488 g/mol. The van der Waals surface area contributed by atoms with Gasteiger partial charge in [-0.25, -0.2) is 13.4 Å². The number of aromatic nitrogens is 2. The molecule has 0 aliphatic heterocycles. The lowest BCUT2D eigenvalue weighted by Crippen LogP contribution is -2.36. The first-order chi connectivity index (χ1) is 16.0. The second-order valence-corrected chi connectivity index (χ2v) is 9.95. The van der Waals surface area contributed by atoms with E-state index in [1.165, 1.54) is 8.87 Å². The molecule has 1 aromatic heterocycles. The predicted octanol–water partition coefficient (Wildman–Crippen LogP) is 1.31. The number of nitrogens with two attached hydrogens (primary N) is 1. The van der Waals surface area contributed by atoms with Crippen LogP contribution in [0.4, 0.5) is 5.69 Å². The minimum atomic E-state index is -3.56. The molecule has 182 valence electrons. The van der Waals surface area contributed by atoms with Crippen LogP contribution in [0.1, 0.15) is 11.4 Å². The van der Waals surface area contributed by atoms with Crippen molar-refractivity contribution in [2.24, 2.45) is 5.73 Å². The van der Waals surface area contributed by atoms with Gasteiger partial charge in [-0.05, 0) is 56.6 Å². The van der Waals surface area contributed by atoms with Crippen molar-refractivity contribution in [2.75, 3.05) is 37.7 Å². The molecule has 2 aromatic carbocycles. The van der Waals surface area contributed by atoms with Gasteiger partial charge in [0.15, 0.2) is 0 Å². The lowest BCUT2D eigenvalue weighted by molar-refractivity contribution is -0.137. The molecule has 0 saturated heterocycles. The molecule has 0 atom stereocenters. The van der Waals surface area contributed by atoms with Crippen LogP contribution in [0.5, 0.6) is 5.75 Å².